The lowest BCUT2D eigenvalue weighted by Gasteiger charge is -2.11. The predicted octanol–water partition coefficient (Wildman–Crippen LogP) is 1.11. The van der Waals surface area contributed by atoms with E-state index in [1.54, 1.807) is 21.5 Å². The van der Waals surface area contributed by atoms with E-state index in [1.807, 2.05) is 12.1 Å². The summed E-state index contributed by atoms with van der Waals surface area (Å²) < 4.78 is 3.53. The van der Waals surface area contributed by atoms with Gasteiger partial charge in [0, 0.05) is 11.1 Å². The van der Waals surface area contributed by atoms with Crippen molar-refractivity contribution in [1.82, 2.24) is 9.90 Å². The van der Waals surface area contributed by atoms with Crippen LogP contribution in [-0.4, -0.2) is 21.5 Å². The van der Waals surface area contributed by atoms with Crippen LogP contribution in [-0.2, 0) is 13.1 Å². The Morgan fingerprint density at radius 2 is 1.46 bits per heavy atom. The molecular formula is C22H30ClN3O2. The largest absolute Gasteiger partial charge is 1.00 e. The second kappa shape index (κ2) is 10.5. The Balaban J connectivity index is 0.00000280. The number of fused-ring (bicyclic) bond motifs is 2. The Bertz CT molecular complexity index is 829. The Labute approximate surface area is 173 Å². The molecule has 1 aromatic carbocycles. The van der Waals surface area contributed by atoms with Crippen LogP contribution < -0.4 is 17.1 Å². The van der Waals surface area contributed by atoms with Gasteiger partial charge in [-0.1, -0.05) is 70.2 Å². The van der Waals surface area contributed by atoms with Crippen molar-refractivity contribution in [2.24, 2.45) is 0 Å². The summed E-state index contributed by atoms with van der Waals surface area (Å²) in [4.78, 5) is 26.2. The van der Waals surface area contributed by atoms with Gasteiger partial charge in [-0.25, -0.2) is 0 Å². The molecule has 3 rings (SSSR count). The van der Waals surface area contributed by atoms with Gasteiger partial charge in [0.25, 0.3) is 0 Å². The second-order valence-corrected chi connectivity index (χ2v) is 7.36. The van der Waals surface area contributed by atoms with Crippen LogP contribution in [0.4, 0.5) is 0 Å². The van der Waals surface area contributed by atoms with Crippen LogP contribution in [0.15, 0.2) is 24.3 Å². The van der Waals surface area contributed by atoms with Gasteiger partial charge in [0.15, 0.2) is 0 Å². The van der Waals surface area contributed by atoms with E-state index in [9.17, 15) is 9.59 Å². The fourth-order valence-electron chi connectivity index (χ4n) is 3.71. The highest BCUT2D eigenvalue weighted by molar-refractivity contribution is 6.26. The summed E-state index contributed by atoms with van der Waals surface area (Å²) in [5.74, 6) is -0.153. The molecule has 0 atom stereocenters. The molecule has 2 aromatic rings. The van der Waals surface area contributed by atoms with Crippen molar-refractivity contribution >= 4 is 11.6 Å². The Kier molecular flexibility index (Phi) is 8.36. The molecule has 0 N–H and O–H groups in total. The van der Waals surface area contributed by atoms with Gasteiger partial charge in [-0.15, -0.1) is 9.36 Å². The monoisotopic (exact) mass is 403 g/mol. The van der Waals surface area contributed by atoms with Crippen LogP contribution in [0.1, 0.15) is 97.3 Å². The minimum Gasteiger partial charge on any atom is -1.00 e. The van der Waals surface area contributed by atoms with E-state index in [4.69, 9.17) is 0 Å². The van der Waals surface area contributed by atoms with Gasteiger partial charge in [0.1, 0.15) is 13.1 Å². The maximum absolute atomic E-state index is 13.1. The third kappa shape index (κ3) is 4.52. The van der Waals surface area contributed by atoms with Crippen LogP contribution in [0, 0.1) is 0 Å². The summed E-state index contributed by atoms with van der Waals surface area (Å²) >= 11 is 0. The molecule has 0 saturated heterocycles. The molecular weight excluding hydrogens is 374 g/mol. The van der Waals surface area contributed by atoms with Crippen molar-refractivity contribution < 1.29 is 26.7 Å². The fraction of sp³-hybridized carbons (Fsp3) is 0.545. The highest BCUT2D eigenvalue weighted by atomic mass is 35.5. The maximum Gasteiger partial charge on any atom is 0.249 e. The van der Waals surface area contributed by atoms with Crippen molar-refractivity contribution in [2.45, 2.75) is 78.3 Å². The van der Waals surface area contributed by atoms with Crippen LogP contribution >= 0.6 is 0 Å². The number of hydrogen-bond acceptors (Lipinski definition) is 3. The summed E-state index contributed by atoms with van der Waals surface area (Å²) in [5, 5.41) is 4.64. The molecule has 0 saturated carbocycles. The number of aromatic nitrogens is 3. The van der Waals surface area contributed by atoms with Crippen LogP contribution in [0.5, 0.6) is 0 Å². The molecule has 0 aliphatic heterocycles. The first-order chi connectivity index (χ1) is 13.2. The lowest BCUT2D eigenvalue weighted by Crippen LogP contribution is -3.00. The van der Waals surface area contributed by atoms with Gasteiger partial charge in [0.05, 0.1) is 5.21 Å². The molecule has 0 radical (unpaired) electrons. The second-order valence-electron chi connectivity index (χ2n) is 7.36. The Morgan fingerprint density at radius 1 is 0.857 bits per heavy atom. The van der Waals surface area contributed by atoms with E-state index < -0.39 is 0 Å². The van der Waals surface area contributed by atoms with Crippen LogP contribution in [0.3, 0.4) is 0 Å². The molecule has 5 nitrogen and oxygen atoms in total. The number of aryl methyl sites for hydroxylation is 2. The smallest absolute Gasteiger partial charge is 0.249 e. The molecule has 0 bridgehead atoms. The van der Waals surface area contributed by atoms with Gasteiger partial charge in [0.2, 0.25) is 23.0 Å². The Morgan fingerprint density at radius 3 is 2.14 bits per heavy atom. The van der Waals surface area contributed by atoms with Crippen molar-refractivity contribution in [3.63, 3.8) is 0 Å². The zero-order valence-electron chi connectivity index (χ0n) is 16.9. The van der Waals surface area contributed by atoms with Crippen molar-refractivity contribution in [2.75, 3.05) is 0 Å². The quantitative estimate of drug-likeness (QED) is 0.376. The molecule has 6 heteroatoms. The number of carbonyl (C=O) groups is 2. The van der Waals surface area contributed by atoms with Crippen LogP contribution in [0.2, 0.25) is 0 Å². The number of carbonyl (C=O) groups excluding carboxylic acids is 2. The number of halogens is 1. The van der Waals surface area contributed by atoms with Gasteiger partial charge in [-0.05, 0) is 19.3 Å². The zero-order chi connectivity index (χ0) is 19.2. The number of ketones is 2. The molecule has 1 aliphatic carbocycles. The maximum atomic E-state index is 13.1. The van der Waals surface area contributed by atoms with E-state index in [1.165, 1.54) is 25.7 Å². The van der Waals surface area contributed by atoms with Gasteiger partial charge < -0.3 is 12.4 Å². The fourth-order valence-corrected chi connectivity index (χ4v) is 3.71. The normalized spacial score (nSPS) is 12.5. The average Bonchev–Trinajstić information content (AvgIpc) is 3.06. The number of benzene rings is 1. The van der Waals surface area contributed by atoms with Gasteiger partial charge >= 0.3 is 0 Å². The lowest BCUT2D eigenvalue weighted by molar-refractivity contribution is -0.757. The molecule has 0 spiro atoms. The number of rotatable bonds is 10. The standard InChI is InChI=1S/C22H30N3O2.ClH/c1-3-5-7-8-9-12-16-25-20-19(24(23-25)15-6-4-2)21(26)17-13-10-11-14-18(17)22(20)27;/h10-11,13-14H,3-9,12,15-16H2,1-2H3;1H/q+1;/p-1. The average molecular weight is 404 g/mol. The lowest BCUT2D eigenvalue weighted by atomic mass is 9.90. The minimum atomic E-state index is -0.0782. The first-order valence-electron chi connectivity index (χ1n) is 10.4. The van der Waals surface area contributed by atoms with Gasteiger partial charge in [-0.2, -0.15) is 0 Å². The van der Waals surface area contributed by atoms with Gasteiger partial charge in [-0.3, -0.25) is 9.59 Å². The number of nitrogens with zero attached hydrogens (tertiary/aromatic N) is 3. The number of unbranched alkanes of at least 4 members (excludes halogenated alkanes) is 6. The minimum absolute atomic E-state index is 0. The highest BCUT2D eigenvalue weighted by Crippen LogP contribution is 2.25. The van der Waals surface area contributed by atoms with Crippen molar-refractivity contribution in [3.05, 3.63) is 46.8 Å². The van der Waals surface area contributed by atoms with E-state index >= 15 is 0 Å². The SMILES string of the molecule is CCCCCCCC[n+]1nn(CCCC)c2c1C(=O)c1ccccc1C2=O.[Cl-]. The highest BCUT2D eigenvalue weighted by Gasteiger charge is 2.42. The van der Waals surface area contributed by atoms with E-state index in [2.05, 4.69) is 19.1 Å². The molecule has 1 heterocycles. The van der Waals surface area contributed by atoms with E-state index in [0.717, 1.165) is 25.7 Å². The third-order valence-corrected chi connectivity index (χ3v) is 5.25. The first kappa shape index (κ1) is 22.3. The van der Waals surface area contributed by atoms with Crippen molar-refractivity contribution in [1.29, 1.82) is 0 Å². The summed E-state index contributed by atoms with van der Waals surface area (Å²) in [7, 11) is 0. The summed E-state index contributed by atoms with van der Waals surface area (Å²) in [6.07, 6.45) is 9.05. The zero-order valence-corrected chi connectivity index (χ0v) is 17.7. The Hall–Kier alpha value is -2.01. The topological polar surface area (TPSA) is 55.8 Å². The predicted molar refractivity (Wildman–Crippen MR) is 104 cm³/mol. The summed E-state index contributed by atoms with van der Waals surface area (Å²) in [5.41, 5.74) is 1.95. The summed E-state index contributed by atoms with van der Waals surface area (Å²) in [6.45, 7) is 5.69. The molecule has 28 heavy (non-hydrogen) atoms. The van der Waals surface area contributed by atoms with Crippen LogP contribution in [0.25, 0.3) is 0 Å². The third-order valence-electron chi connectivity index (χ3n) is 5.25. The first-order valence-corrected chi connectivity index (χ1v) is 10.4. The molecule has 0 fully saturated rings. The summed E-state index contributed by atoms with van der Waals surface area (Å²) in [6, 6.07) is 7.12. The van der Waals surface area contributed by atoms with E-state index in [-0.39, 0.29) is 24.0 Å². The van der Waals surface area contributed by atoms with Crippen molar-refractivity contribution in [3.8, 4) is 0 Å². The molecule has 0 amide bonds. The molecule has 1 aromatic heterocycles. The number of hydrogen-bond donors (Lipinski definition) is 0. The molecule has 0 unspecified atom stereocenters. The molecule has 1 aliphatic rings. The van der Waals surface area contributed by atoms with E-state index in [0.29, 0.717) is 35.6 Å². The molecule has 152 valence electrons.